The van der Waals surface area contributed by atoms with Gasteiger partial charge in [-0.25, -0.2) is 4.79 Å². The Bertz CT molecular complexity index is 339. The number of hydrogen-bond acceptors (Lipinski definition) is 2. The summed E-state index contributed by atoms with van der Waals surface area (Å²) in [6.07, 6.45) is 0. The molecule has 0 radical (unpaired) electrons. The predicted octanol–water partition coefficient (Wildman–Crippen LogP) is 0.282. The molecule has 5 heteroatoms. The molecule has 0 saturated heterocycles. The monoisotopic (exact) mass is 196 g/mol. The molecule has 1 rings (SSSR count). The van der Waals surface area contributed by atoms with Crippen LogP contribution in [0.5, 0.6) is 5.75 Å². The second-order valence-corrected chi connectivity index (χ2v) is 2.76. The molecule has 0 aliphatic heterocycles. The van der Waals surface area contributed by atoms with Gasteiger partial charge in [-0.15, -0.1) is 0 Å². The standard InChI is InChI=1S/C9H13N3O2/c1-6-7(11-9(13)12-10)4-3-5-8(6)14-2/h3-5H,10H2,1-2H3,(H2,11,12,13)/p+1. The van der Waals surface area contributed by atoms with Gasteiger partial charge in [-0.3, -0.25) is 5.84 Å². The Labute approximate surface area is 82.2 Å². The highest BCUT2D eigenvalue weighted by atomic mass is 16.5. The van der Waals surface area contributed by atoms with Gasteiger partial charge in [0.1, 0.15) is 5.75 Å². The fourth-order valence-corrected chi connectivity index (χ4v) is 1.14. The Balaban J connectivity index is 2.92. The van der Waals surface area contributed by atoms with E-state index < -0.39 is 0 Å². The molecule has 1 aromatic rings. The highest BCUT2D eigenvalue weighted by Crippen LogP contribution is 2.24. The fraction of sp³-hybridized carbons (Fsp3) is 0.222. The maximum atomic E-state index is 11.0. The number of ether oxygens (including phenoxy) is 1. The molecule has 0 spiro atoms. The van der Waals surface area contributed by atoms with Gasteiger partial charge < -0.3 is 10.1 Å². The summed E-state index contributed by atoms with van der Waals surface area (Å²) in [6.45, 7) is 1.87. The van der Waals surface area contributed by atoms with E-state index in [2.05, 4.69) is 16.6 Å². The molecule has 14 heavy (non-hydrogen) atoms. The van der Waals surface area contributed by atoms with Crippen molar-refractivity contribution in [3.63, 3.8) is 0 Å². The maximum Gasteiger partial charge on any atom is 0.363 e. The van der Waals surface area contributed by atoms with E-state index in [0.29, 0.717) is 5.69 Å². The molecule has 0 fully saturated rings. The minimum Gasteiger partial charge on any atom is -0.496 e. The number of benzene rings is 1. The average Bonchev–Trinajstić information content (AvgIpc) is 2.21. The zero-order valence-electron chi connectivity index (χ0n) is 8.26. The Morgan fingerprint density at radius 2 is 2.21 bits per heavy atom. The number of amides is 2. The summed E-state index contributed by atoms with van der Waals surface area (Å²) in [6, 6.07) is 5.10. The normalized spacial score (nSPS) is 9.36. The minimum atomic E-state index is -0.346. The molecule has 2 amide bonds. The Morgan fingerprint density at radius 3 is 2.79 bits per heavy atom. The van der Waals surface area contributed by atoms with Crippen LogP contribution in [0, 0.1) is 6.92 Å². The topological polar surface area (TPSA) is 78.0 Å². The molecule has 5 nitrogen and oxygen atoms in total. The summed E-state index contributed by atoms with van der Waals surface area (Å²) in [7, 11) is 1.59. The summed E-state index contributed by atoms with van der Waals surface area (Å²) in [5.74, 6) is 4.00. The summed E-state index contributed by atoms with van der Waals surface area (Å²) in [5, 5.41) is 2.64. The second-order valence-electron chi connectivity index (χ2n) is 2.76. The molecule has 76 valence electrons. The van der Waals surface area contributed by atoms with Gasteiger partial charge in [0.05, 0.1) is 7.11 Å². The Hall–Kier alpha value is -1.75. The summed E-state index contributed by atoms with van der Waals surface area (Å²) >= 11 is 0. The average molecular weight is 196 g/mol. The molecule has 0 saturated carbocycles. The van der Waals surface area contributed by atoms with E-state index in [9.17, 15) is 4.79 Å². The van der Waals surface area contributed by atoms with Crippen molar-refractivity contribution in [3.05, 3.63) is 23.8 Å². The van der Waals surface area contributed by atoms with Crippen LogP contribution in [-0.4, -0.2) is 13.1 Å². The van der Waals surface area contributed by atoms with Gasteiger partial charge in [-0.2, -0.15) is 5.43 Å². The minimum absolute atomic E-state index is 0.346. The number of nitrogens with one attached hydrogen (secondary N) is 2. The lowest BCUT2D eigenvalue weighted by Crippen LogP contribution is -2.68. The van der Waals surface area contributed by atoms with Crippen LogP contribution in [0.4, 0.5) is 10.5 Å². The van der Waals surface area contributed by atoms with Crippen molar-refractivity contribution < 1.29 is 15.4 Å². The largest absolute Gasteiger partial charge is 0.496 e. The van der Waals surface area contributed by atoms with E-state index in [1.54, 1.807) is 13.2 Å². The van der Waals surface area contributed by atoms with E-state index in [1.165, 1.54) is 0 Å². The fourth-order valence-electron chi connectivity index (χ4n) is 1.14. The number of rotatable bonds is 2. The number of hydrogen-bond donors (Lipinski definition) is 3. The van der Waals surface area contributed by atoms with E-state index in [0.717, 1.165) is 11.3 Å². The van der Waals surface area contributed by atoms with Crippen molar-refractivity contribution in [3.8, 4) is 5.75 Å². The first-order valence-electron chi connectivity index (χ1n) is 4.16. The molecule has 0 aliphatic rings. The van der Waals surface area contributed by atoms with Crippen molar-refractivity contribution in [2.75, 3.05) is 12.4 Å². The zero-order valence-corrected chi connectivity index (χ0v) is 8.26. The summed E-state index contributed by atoms with van der Waals surface area (Å²) < 4.78 is 5.11. The van der Waals surface area contributed by atoms with Crippen LogP contribution < -0.4 is 21.3 Å². The zero-order chi connectivity index (χ0) is 10.6. The van der Waals surface area contributed by atoms with Gasteiger partial charge in [-0.05, 0) is 19.1 Å². The van der Waals surface area contributed by atoms with Crippen LogP contribution >= 0.6 is 0 Å². The molecule has 0 heterocycles. The van der Waals surface area contributed by atoms with Crippen molar-refractivity contribution >= 4 is 11.7 Å². The summed E-state index contributed by atoms with van der Waals surface area (Å²) in [4.78, 5) is 11.0. The van der Waals surface area contributed by atoms with Crippen LogP contribution in [0.15, 0.2) is 18.2 Å². The van der Waals surface area contributed by atoms with Crippen LogP contribution in [-0.2, 0) is 0 Å². The van der Waals surface area contributed by atoms with E-state index in [-0.39, 0.29) is 6.03 Å². The molecular weight excluding hydrogens is 182 g/mol. The van der Waals surface area contributed by atoms with Crippen LogP contribution in [0.3, 0.4) is 0 Å². The molecule has 0 unspecified atom stereocenters. The van der Waals surface area contributed by atoms with Crippen LogP contribution in [0.2, 0.25) is 0 Å². The van der Waals surface area contributed by atoms with Gasteiger partial charge in [0.15, 0.2) is 0 Å². The molecule has 0 atom stereocenters. The van der Waals surface area contributed by atoms with Crippen molar-refractivity contribution in [2.45, 2.75) is 6.92 Å². The number of quaternary nitrogens is 1. The van der Waals surface area contributed by atoms with Crippen molar-refractivity contribution in [1.29, 1.82) is 0 Å². The SMILES string of the molecule is COc1cccc(NC(=O)N[NH3+])c1C. The Morgan fingerprint density at radius 1 is 1.50 bits per heavy atom. The summed E-state index contributed by atoms with van der Waals surface area (Å²) in [5.41, 5.74) is 3.84. The number of anilines is 1. The maximum absolute atomic E-state index is 11.0. The molecule has 5 N–H and O–H groups in total. The van der Waals surface area contributed by atoms with E-state index in [1.807, 2.05) is 19.1 Å². The van der Waals surface area contributed by atoms with Crippen molar-refractivity contribution in [1.82, 2.24) is 5.43 Å². The van der Waals surface area contributed by atoms with Gasteiger partial charge in [0.25, 0.3) is 0 Å². The molecule has 0 aliphatic carbocycles. The lowest BCUT2D eigenvalue weighted by atomic mass is 10.2. The first-order valence-corrected chi connectivity index (χ1v) is 4.16. The first-order chi connectivity index (χ1) is 6.69. The number of carbonyl (C=O) groups is 1. The number of methoxy groups -OCH3 is 1. The third-order valence-corrected chi connectivity index (χ3v) is 1.91. The third-order valence-electron chi connectivity index (χ3n) is 1.91. The predicted molar refractivity (Wildman–Crippen MR) is 52.8 cm³/mol. The van der Waals surface area contributed by atoms with Crippen molar-refractivity contribution in [2.24, 2.45) is 0 Å². The van der Waals surface area contributed by atoms with E-state index >= 15 is 0 Å². The lowest BCUT2D eigenvalue weighted by Gasteiger charge is -2.10. The van der Waals surface area contributed by atoms with Gasteiger partial charge >= 0.3 is 6.03 Å². The molecular formula is C9H14N3O2+. The second kappa shape index (κ2) is 4.48. The van der Waals surface area contributed by atoms with Gasteiger partial charge in [0, 0.05) is 11.3 Å². The molecule has 0 bridgehead atoms. The van der Waals surface area contributed by atoms with E-state index in [4.69, 9.17) is 4.74 Å². The van der Waals surface area contributed by atoms with Gasteiger partial charge in [0.2, 0.25) is 0 Å². The van der Waals surface area contributed by atoms with Crippen LogP contribution in [0.1, 0.15) is 5.56 Å². The van der Waals surface area contributed by atoms with Crippen LogP contribution in [0.25, 0.3) is 0 Å². The quantitative estimate of drug-likeness (QED) is 0.594. The third kappa shape index (κ3) is 2.14. The molecule has 1 aromatic carbocycles. The Kier molecular flexibility index (Phi) is 3.30. The molecule has 0 aromatic heterocycles. The highest BCUT2D eigenvalue weighted by molar-refractivity contribution is 5.89. The lowest BCUT2D eigenvalue weighted by molar-refractivity contribution is -0.421. The number of carbonyl (C=O) groups excluding carboxylic acids is 1. The number of urea groups is 1. The van der Waals surface area contributed by atoms with Gasteiger partial charge in [-0.1, -0.05) is 6.07 Å². The smallest absolute Gasteiger partial charge is 0.363 e. The highest BCUT2D eigenvalue weighted by Gasteiger charge is 2.06. The first kappa shape index (κ1) is 10.3.